The Balaban J connectivity index is 2.11. The fraction of sp³-hybridized carbons (Fsp3) is 0. The van der Waals surface area contributed by atoms with E-state index in [1.54, 1.807) is 36.4 Å². The first-order valence-electron chi connectivity index (χ1n) is 6.36. The number of phenols is 1. The summed E-state index contributed by atoms with van der Waals surface area (Å²) in [5.74, 6) is 0.0406. The average Bonchev–Trinajstić information content (AvgIpc) is 2.48. The Bertz CT molecular complexity index is 885. The van der Waals surface area contributed by atoms with E-state index < -0.39 is 10.0 Å². The Morgan fingerprint density at radius 1 is 0.810 bits per heavy atom. The van der Waals surface area contributed by atoms with Crippen molar-refractivity contribution in [3.05, 3.63) is 66.7 Å². The van der Waals surface area contributed by atoms with Gasteiger partial charge >= 0.3 is 0 Å². The van der Waals surface area contributed by atoms with Gasteiger partial charge in [-0.3, -0.25) is 4.72 Å². The SMILES string of the molecule is O=S(=O)(Nc1cccc2cccc(O)c12)c1ccccc1. The van der Waals surface area contributed by atoms with Crippen LogP contribution in [0.4, 0.5) is 5.69 Å². The zero-order valence-electron chi connectivity index (χ0n) is 11.0. The molecule has 0 heterocycles. The highest BCUT2D eigenvalue weighted by Crippen LogP contribution is 2.32. The molecule has 0 saturated heterocycles. The molecule has 0 saturated carbocycles. The predicted octanol–water partition coefficient (Wildman–Crippen LogP) is 3.35. The summed E-state index contributed by atoms with van der Waals surface area (Å²) in [6.07, 6.45) is 0. The van der Waals surface area contributed by atoms with Crippen LogP contribution in [-0.2, 0) is 10.0 Å². The number of phenolic OH excluding ortho intramolecular Hbond substituents is 1. The lowest BCUT2D eigenvalue weighted by Gasteiger charge is -2.11. The molecule has 0 atom stereocenters. The van der Waals surface area contributed by atoms with E-state index in [9.17, 15) is 13.5 Å². The van der Waals surface area contributed by atoms with Crippen molar-refractivity contribution in [3.63, 3.8) is 0 Å². The molecular weight excluding hydrogens is 286 g/mol. The first-order valence-corrected chi connectivity index (χ1v) is 7.85. The van der Waals surface area contributed by atoms with E-state index in [0.717, 1.165) is 5.39 Å². The van der Waals surface area contributed by atoms with Crippen LogP contribution in [-0.4, -0.2) is 13.5 Å². The smallest absolute Gasteiger partial charge is 0.261 e. The number of nitrogens with one attached hydrogen (secondary N) is 1. The fourth-order valence-corrected chi connectivity index (χ4v) is 3.30. The summed E-state index contributed by atoms with van der Waals surface area (Å²) in [5.41, 5.74) is 0.356. The van der Waals surface area contributed by atoms with Crippen LogP contribution in [0.3, 0.4) is 0 Å². The molecule has 0 aliphatic heterocycles. The maximum Gasteiger partial charge on any atom is 0.261 e. The number of fused-ring (bicyclic) bond motifs is 1. The second-order valence-corrected chi connectivity index (χ2v) is 6.28. The predicted molar refractivity (Wildman–Crippen MR) is 82.9 cm³/mol. The molecule has 0 unspecified atom stereocenters. The molecule has 5 heteroatoms. The van der Waals surface area contributed by atoms with Gasteiger partial charge < -0.3 is 5.11 Å². The number of sulfonamides is 1. The molecule has 0 bridgehead atoms. The first kappa shape index (κ1) is 13.5. The largest absolute Gasteiger partial charge is 0.507 e. The minimum absolute atomic E-state index is 0.0406. The minimum atomic E-state index is -3.68. The molecule has 21 heavy (non-hydrogen) atoms. The van der Waals surface area contributed by atoms with E-state index in [2.05, 4.69) is 4.72 Å². The van der Waals surface area contributed by atoms with Gasteiger partial charge in [0.1, 0.15) is 5.75 Å². The van der Waals surface area contributed by atoms with Crippen molar-refractivity contribution in [2.45, 2.75) is 4.90 Å². The van der Waals surface area contributed by atoms with Crippen LogP contribution in [0.25, 0.3) is 10.8 Å². The van der Waals surface area contributed by atoms with Crippen molar-refractivity contribution in [3.8, 4) is 5.75 Å². The van der Waals surface area contributed by atoms with Gasteiger partial charge in [-0.05, 0) is 29.7 Å². The average molecular weight is 299 g/mol. The van der Waals surface area contributed by atoms with Crippen LogP contribution in [0, 0.1) is 0 Å². The third kappa shape index (κ3) is 2.55. The Kier molecular flexibility index (Phi) is 3.27. The number of hydrogen-bond acceptors (Lipinski definition) is 3. The van der Waals surface area contributed by atoms with Crippen LogP contribution in [0.1, 0.15) is 0 Å². The summed E-state index contributed by atoms with van der Waals surface area (Å²) >= 11 is 0. The standard InChI is InChI=1S/C16H13NO3S/c18-15-11-5-7-12-6-4-10-14(16(12)15)17-21(19,20)13-8-2-1-3-9-13/h1-11,17-18H. The van der Waals surface area contributed by atoms with Gasteiger partial charge in [0.25, 0.3) is 10.0 Å². The summed E-state index contributed by atoms with van der Waals surface area (Å²) in [6, 6.07) is 18.4. The van der Waals surface area contributed by atoms with Crippen LogP contribution in [0.2, 0.25) is 0 Å². The number of hydrogen-bond donors (Lipinski definition) is 2. The molecule has 0 aliphatic rings. The van der Waals surface area contributed by atoms with E-state index in [4.69, 9.17) is 0 Å². The summed E-state index contributed by atoms with van der Waals surface area (Å²) in [5, 5.41) is 11.2. The van der Waals surface area contributed by atoms with Crippen LogP contribution >= 0.6 is 0 Å². The van der Waals surface area contributed by atoms with Gasteiger partial charge in [-0.25, -0.2) is 8.42 Å². The third-order valence-electron chi connectivity index (χ3n) is 3.18. The second-order valence-electron chi connectivity index (χ2n) is 4.60. The third-order valence-corrected chi connectivity index (χ3v) is 4.56. The van der Waals surface area contributed by atoms with Crippen molar-refractivity contribution in [1.29, 1.82) is 0 Å². The molecule has 0 amide bonds. The summed E-state index contributed by atoms with van der Waals surface area (Å²) in [4.78, 5) is 0.178. The van der Waals surface area contributed by atoms with E-state index in [0.29, 0.717) is 11.1 Å². The van der Waals surface area contributed by atoms with E-state index in [1.165, 1.54) is 18.2 Å². The van der Waals surface area contributed by atoms with Gasteiger partial charge in [0, 0.05) is 5.39 Å². The highest BCUT2D eigenvalue weighted by Gasteiger charge is 2.15. The van der Waals surface area contributed by atoms with Gasteiger partial charge in [0.2, 0.25) is 0 Å². The van der Waals surface area contributed by atoms with Crippen LogP contribution < -0.4 is 4.72 Å². The highest BCUT2D eigenvalue weighted by molar-refractivity contribution is 7.92. The van der Waals surface area contributed by atoms with Crippen LogP contribution in [0.5, 0.6) is 5.75 Å². The summed E-state index contributed by atoms with van der Waals surface area (Å²) in [6.45, 7) is 0. The Morgan fingerprint density at radius 3 is 2.19 bits per heavy atom. The number of aromatic hydroxyl groups is 1. The van der Waals surface area contributed by atoms with E-state index in [-0.39, 0.29) is 10.6 Å². The van der Waals surface area contributed by atoms with Gasteiger partial charge in [0.05, 0.1) is 10.6 Å². The zero-order chi connectivity index (χ0) is 14.9. The Hall–Kier alpha value is -2.53. The van der Waals surface area contributed by atoms with Crippen molar-refractivity contribution >= 4 is 26.5 Å². The molecule has 106 valence electrons. The van der Waals surface area contributed by atoms with Gasteiger partial charge in [-0.15, -0.1) is 0 Å². The quantitative estimate of drug-likeness (QED) is 0.779. The zero-order valence-corrected chi connectivity index (χ0v) is 11.8. The van der Waals surface area contributed by atoms with Gasteiger partial charge in [-0.2, -0.15) is 0 Å². The maximum atomic E-state index is 12.4. The normalized spacial score (nSPS) is 11.4. The molecule has 0 radical (unpaired) electrons. The summed E-state index contributed by atoms with van der Waals surface area (Å²) < 4.78 is 27.3. The second kappa shape index (κ2) is 5.10. The molecule has 3 rings (SSSR count). The summed E-state index contributed by atoms with van der Waals surface area (Å²) in [7, 11) is -3.68. The number of anilines is 1. The lowest BCUT2D eigenvalue weighted by Crippen LogP contribution is -2.13. The van der Waals surface area contributed by atoms with E-state index >= 15 is 0 Å². The monoisotopic (exact) mass is 299 g/mol. The molecule has 3 aromatic carbocycles. The van der Waals surface area contributed by atoms with Crippen molar-refractivity contribution in [2.75, 3.05) is 4.72 Å². The molecular formula is C16H13NO3S. The molecule has 0 aliphatic carbocycles. The first-order chi connectivity index (χ1) is 10.1. The lowest BCUT2D eigenvalue weighted by molar-refractivity contribution is 0.482. The number of benzene rings is 3. The van der Waals surface area contributed by atoms with Crippen molar-refractivity contribution in [2.24, 2.45) is 0 Å². The molecule has 0 aromatic heterocycles. The molecule has 4 nitrogen and oxygen atoms in total. The molecule has 2 N–H and O–H groups in total. The Labute approximate surface area is 122 Å². The fourth-order valence-electron chi connectivity index (χ4n) is 2.21. The molecule has 3 aromatic rings. The highest BCUT2D eigenvalue weighted by atomic mass is 32.2. The van der Waals surface area contributed by atoms with Gasteiger partial charge in [0.15, 0.2) is 0 Å². The number of rotatable bonds is 3. The van der Waals surface area contributed by atoms with Crippen LogP contribution in [0.15, 0.2) is 71.6 Å². The lowest BCUT2D eigenvalue weighted by atomic mass is 10.1. The Morgan fingerprint density at radius 2 is 1.48 bits per heavy atom. The minimum Gasteiger partial charge on any atom is -0.507 e. The van der Waals surface area contributed by atoms with Crippen molar-refractivity contribution in [1.82, 2.24) is 0 Å². The van der Waals surface area contributed by atoms with Gasteiger partial charge in [-0.1, -0.05) is 42.5 Å². The molecule has 0 spiro atoms. The van der Waals surface area contributed by atoms with Crippen molar-refractivity contribution < 1.29 is 13.5 Å². The molecule has 0 fully saturated rings. The topological polar surface area (TPSA) is 66.4 Å². The van der Waals surface area contributed by atoms with E-state index in [1.807, 2.05) is 12.1 Å². The maximum absolute atomic E-state index is 12.4.